The average molecular weight is 267 g/mol. The van der Waals surface area contributed by atoms with Gasteiger partial charge in [0.25, 0.3) is 0 Å². The van der Waals surface area contributed by atoms with Gasteiger partial charge in [-0.2, -0.15) is 0 Å². The van der Waals surface area contributed by atoms with Crippen molar-refractivity contribution in [3.8, 4) is 5.75 Å². The fourth-order valence-corrected chi connectivity index (χ4v) is 3.37. The number of hydrogen-bond donors (Lipinski definition) is 1. The zero-order valence-corrected chi connectivity index (χ0v) is 11.2. The van der Waals surface area contributed by atoms with Crippen LogP contribution >= 0.6 is 0 Å². The molecule has 0 amide bonds. The molecule has 1 aliphatic carbocycles. The van der Waals surface area contributed by atoms with Crippen molar-refractivity contribution in [3.63, 3.8) is 0 Å². The lowest BCUT2D eigenvalue weighted by molar-refractivity contribution is 0.131. The Labute approximate surface area is 107 Å². The molecule has 0 radical (unpaired) electrons. The smallest absolute Gasteiger partial charge is 0.175 e. The molecule has 1 saturated carbocycles. The van der Waals surface area contributed by atoms with Gasteiger partial charge in [0.15, 0.2) is 9.84 Å². The Hall–Kier alpha value is -1.23. The van der Waals surface area contributed by atoms with Gasteiger partial charge in [0, 0.05) is 6.26 Å². The summed E-state index contributed by atoms with van der Waals surface area (Å²) >= 11 is 0. The second kappa shape index (κ2) is 4.16. The van der Waals surface area contributed by atoms with Gasteiger partial charge in [-0.3, -0.25) is 0 Å². The second-order valence-corrected chi connectivity index (χ2v) is 7.14. The van der Waals surface area contributed by atoms with E-state index >= 15 is 0 Å². The summed E-state index contributed by atoms with van der Waals surface area (Å²) in [5.41, 5.74) is 0.807. The summed E-state index contributed by atoms with van der Waals surface area (Å²) in [7, 11) is -3.16. The van der Waals surface area contributed by atoms with E-state index in [1.54, 1.807) is 18.2 Å². The van der Waals surface area contributed by atoms with Crippen LogP contribution in [0.4, 0.5) is 5.69 Å². The number of benzene rings is 1. The molecule has 98 valence electrons. The van der Waals surface area contributed by atoms with E-state index < -0.39 is 9.84 Å². The van der Waals surface area contributed by atoms with Crippen LogP contribution in [0, 0.1) is 0 Å². The highest BCUT2D eigenvalue weighted by molar-refractivity contribution is 7.90. The fourth-order valence-electron chi connectivity index (χ4n) is 2.72. The van der Waals surface area contributed by atoms with Crippen LogP contribution in [0.2, 0.25) is 0 Å². The largest absolute Gasteiger partial charge is 0.486 e. The van der Waals surface area contributed by atoms with Crippen molar-refractivity contribution < 1.29 is 13.2 Å². The summed E-state index contributed by atoms with van der Waals surface area (Å²) < 4.78 is 29.0. The lowest BCUT2D eigenvalue weighted by Gasteiger charge is -2.38. The van der Waals surface area contributed by atoms with Gasteiger partial charge >= 0.3 is 0 Å². The third kappa shape index (κ3) is 2.07. The molecule has 18 heavy (non-hydrogen) atoms. The lowest BCUT2D eigenvalue weighted by atomic mass is 9.91. The van der Waals surface area contributed by atoms with Crippen molar-refractivity contribution in [2.45, 2.75) is 42.7 Å². The predicted octanol–water partition coefficient (Wildman–Crippen LogP) is 2.21. The molecule has 1 aliphatic heterocycles. The zero-order chi connectivity index (χ0) is 12.8. The average Bonchev–Trinajstić information content (AvgIpc) is 2.34. The summed E-state index contributed by atoms with van der Waals surface area (Å²) in [6.07, 6.45) is 6.04. The quantitative estimate of drug-likeness (QED) is 0.847. The van der Waals surface area contributed by atoms with E-state index in [-0.39, 0.29) is 6.10 Å². The SMILES string of the molecule is CS(=O)(=O)c1ccc2c(c1)NC1CCCCC1O2. The van der Waals surface area contributed by atoms with E-state index in [1.165, 1.54) is 19.1 Å². The van der Waals surface area contributed by atoms with Crippen molar-refractivity contribution in [1.82, 2.24) is 0 Å². The first-order valence-corrected chi connectivity index (χ1v) is 8.20. The minimum Gasteiger partial charge on any atom is -0.486 e. The van der Waals surface area contributed by atoms with E-state index in [9.17, 15) is 8.42 Å². The minimum absolute atomic E-state index is 0.232. The number of hydrogen-bond acceptors (Lipinski definition) is 4. The molecule has 0 bridgehead atoms. The van der Waals surface area contributed by atoms with Crippen LogP contribution in [0.3, 0.4) is 0 Å². The van der Waals surface area contributed by atoms with Crippen molar-refractivity contribution in [1.29, 1.82) is 0 Å². The fraction of sp³-hybridized carbons (Fsp3) is 0.538. The van der Waals surface area contributed by atoms with Crippen LogP contribution in [0.5, 0.6) is 5.75 Å². The highest BCUT2D eigenvalue weighted by Gasteiger charge is 2.31. The lowest BCUT2D eigenvalue weighted by Crippen LogP contribution is -2.43. The van der Waals surface area contributed by atoms with E-state index in [0.717, 1.165) is 24.3 Å². The van der Waals surface area contributed by atoms with Crippen LogP contribution in [0.1, 0.15) is 25.7 Å². The number of fused-ring (bicyclic) bond motifs is 2. The van der Waals surface area contributed by atoms with Gasteiger partial charge in [0.05, 0.1) is 16.6 Å². The van der Waals surface area contributed by atoms with Gasteiger partial charge < -0.3 is 10.1 Å². The first-order chi connectivity index (χ1) is 8.54. The predicted molar refractivity (Wildman–Crippen MR) is 69.8 cm³/mol. The van der Waals surface area contributed by atoms with E-state index in [2.05, 4.69) is 5.32 Å². The Morgan fingerprint density at radius 1 is 1.28 bits per heavy atom. The molecule has 1 N–H and O–H groups in total. The van der Waals surface area contributed by atoms with Gasteiger partial charge in [-0.1, -0.05) is 6.42 Å². The summed E-state index contributed by atoms with van der Waals surface area (Å²) in [6.45, 7) is 0. The second-order valence-electron chi connectivity index (χ2n) is 5.12. The Morgan fingerprint density at radius 3 is 2.83 bits per heavy atom. The Kier molecular flexibility index (Phi) is 2.73. The van der Waals surface area contributed by atoms with Crippen LogP contribution < -0.4 is 10.1 Å². The third-order valence-electron chi connectivity index (χ3n) is 3.70. The maximum Gasteiger partial charge on any atom is 0.175 e. The molecule has 0 spiro atoms. The molecule has 4 nitrogen and oxygen atoms in total. The summed E-state index contributed by atoms with van der Waals surface area (Å²) in [5.74, 6) is 0.769. The highest BCUT2D eigenvalue weighted by Crippen LogP contribution is 2.37. The highest BCUT2D eigenvalue weighted by atomic mass is 32.2. The number of ether oxygens (including phenoxy) is 1. The molecule has 2 unspecified atom stereocenters. The minimum atomic E-state index is -3.16. The van der Waals surface area contributed by atoms with Gasteiger partial charge in [-0.25, -0.2) is 8.42 Å². The van der Waals surface area contributed by atoms with Crippen LogP contribution in [0.15, 0.2) is 23.1 Å². The maximum absolute atomic E-state index is 11.5. The Morgan fingerprint density at radius 2 is 2.06 bits per heavy atom. The molecule has 1 aromatic carbocycles. The number of nitrogens with one attached hydrogen (secondary N) is 1. The Balaban J connectivity index is 1.96. The number of anilines is 1. The molecule has 0 aromatic heterocycles. The van der Waals surface area contributed by atoms with Crippen molar-refractivity contribution in [2.75, 3.05) is 11.6 Å². The van der Waals surface area contributed by atoms with Crippen molar-refractivity contribution >= 4 is 15.5 Å². The normalized spacial score (nSPS) is 26.5. The zero-order valence-electron chi connectivity index (χ0n) is 10.3. The van der Waals surface area contributed by atoms with E-state index in [1.807, 2.05) is 0 Å². The number of sulfone groups is 1. The molecule has 2 atom stereocenters. The molecule has 3 rings (SSSR count). The molecule has 1 fully saturated rings. The first-order valence-electron chi connectivity index (χ1n) is 6.31. The van der Waals surface area contributed by atoms with Crippen LogP contribution in [0.25, 0.3) is 0 Å². The standard InChI is InChI=1S/C13H17NO3S/c1-18(15,16)9-6-7-13-11(8-9)14-10-4-2-3-5-12(10)17-13/h6-8,10,12,14H,2-5H2,1H3. The molecule has 5 heteroatoms. The summed E-state index contributed by atoms with van der Waals surface area (Å²) in [4.78, 5) is 0.339. The van der Waals surface area contributed by atoms with E-state index in [4.69, 9.17) is 4.74 Å². The summed E-state index contributed by atoms with van der Waals surface area (Å²) in [6, 6.07) is 5.36. The molecule has 1 heterocycles. The topological polar surface area (TPSA) is 55.4 Å². The monoisotopic (exact) mass is 267 g/mol. The molecular formula is C13H17NO3S. The Bertz CT molecular complexity index is 568. The third-order valence-corrected chi connectivity index (χ3v) is 4.81. The molecule has 2 aliphatic rings. The van der Waals surface area contributed by atoms with Gasteiger partial charge in [0.2, 0.25) is 0 Å². The summed E-state index contributed by atoms with van der Waals surface area (Å²) in [5, 5.41) is 3.42. The van der Waals surface area contributed by atoms with Crippen molar-refractivity contribution in [2.24, 2.45) is 0 Å². The maximum atomic E-state index is 11.5. The van der Waals surface area contributed by atoms with Crippen molar-refractivity contribution in [3.05, 3.63) is 18.2 Å². The van der Waals surface area contributed by atoms with Gasteiger partial charge in [-0.15, -0.1) is 0 Å². The number of rotatable bonds is 1. The van der Waals surface area contributed by atoms with Crippen LogP contribution in [-0.4, -0.2) is 26.8 Å². The molecular weight excluding hydrogens is 250 g/mol. The van der Waals surface area contributed by atoms with Gasteiger partial charge in [-0.05, 0) is 37.5 Å². The van der Waals surface area contributed by atoms with Crippen LogP contribution in [-0.2, 0) is 9.84 Å². The van der Waals surface area contributed by atoms with Gasteiger partial charge in [0.1, 0.15) is 11.9 Å². The molecule has 0 saturated heterocycles. The molecule has 1 aromatic rings. The van der Waals surface area contributed by atoms with E-state index in [0.29, 0.717) is 10.9 Å². The first kappa shape index (κ1) is 11.8.